The predicted molar refractivity (Wildman–Crippen MR) is 102 cm³/mol. The zero-order valence-electron chi connectivity index (χ0n) is 14.4. The number of nitrogens with zero attached hydrogens (tertiary/aromatic N) is 1. The zero-order valence-corrected chi connectivity index (χ0v) is 14.4. The van der Waals surface area contributed by atoms with Crippen molar-refractivity contribution < 1.29 is 13.9 Å². The number of ether oxygens (including phenoxy) is 1. The molecule has 0 atom stereocenters. The normalized spacial score (nSPS) is 10.9. The van der Waals surface area contributed by atoms with Crippen LogP contribution in [0.1, 0.15) is 21.5 Å². The predicted octanol–water partition coefficient (Wildman–Crippen LogP) is 5.19. The third-order valence-corrected chi connectivity index (χ3v) is 3.94. The molecule has 0 saturated heterocycles. The summed E-state index contributed by atoms with van der Waals surface area (Å²) in [6.45, 7) is 0.356. The lowest BCUT2D eigenvalue weighted by Crippen LogP contribution is -2.05. The Morgan fingerprint density at radius 1 is 0.963 bits per heavy atom. The number of nitriles is 1. The van der Waals surface area contributed by atoms with Gasteiger partial charge < -0.3 is 4.74 Å². The standard InChI is InChI=1S/C23H16FNO2/c24-21-12-6-5-11-20(21)23(26)19(15-25)14-18-10-4-7-13-22(18)27-16-17-8-2-1-3-9-17/h1-14H,16H2/b19-14+. The first-order chi connectivity index (χ1) is 13.2. The smallest absolute Gasteiger partial charge is 0.206 e. The van der Waals surface area contributed by atoms with E-state index in [-0.39, 0.29) is 11.1 Å². The molecule has 132 valence electrons. The Kier molecular flexibility index (Phi) is 5.76. The van der Waals surface area contributed by atoms with E-state index in [2.05, 4.69) is 0 Å². The van der Waals surface area contributed by atoms with E-state index in [9.17, 15) is 14.4 Å². The van der Waals surface area contributed by atoms with E-state index in [1.165, 1.54) is 24.3 Å². The molecule has 3 nitrogen and oxygen atoms in total. The van der Waals surface area contributed by atoms with Gasteiger partial charge in [-0.2, -0.15) is 5.26 Å². The number of carbonyl (C=O) groups is 1. The summed E-state index contributed by atoms with van der Waals surface area (Å²) in [6.07, 6.45) is 1.43. The van der Waals surface area contributed by atoms with Crippen molar-refractivity contribution in [1.82, 2.24) is 0 Å². The molecule has 0 N–H and O–H groups in total. The lowest BCUT2D eigenvalue weighted by Gasteiger charge is -2.10. The maximum atomic E-state index is 13.9. The fraction of sp³-hybridized carbons (Fsp3) is 0.0435. The van der Waals surface area contributed by atoms with Gasteiger partial charge in [-0.25, -0.2) is 4.39 Å². The first-order valence-corrected chi connectivity index (χ1v) is 8.36. The fourth-order valence-electron chi connectivity index (χ4n) is 2.56. The summed E-state index contributed by atoms with van der Waals surface area (Å²) in [5, 5.41) is 9.41. The fourth-order valence-corrected chi connectivity index (χ4v) is 2.56. The lowest BCUT2D eigenvalue weighted by atomic mass is 10.0. The quantitative estimate of drug-likeness (QED) is 0.346. The van der Waals surface area contributed by atoms with E-state index in [1.807, 2.05) is 42.5 Å². The molecular weight excluding hydrogens is 341 g/mol. The highest BCUT2D eigenvalue weighted by atomic mass is 19.1. The van der Waals surface area contributed by atoms with Gasteiger partial charge in [-0.1, -0.05) is 60.7 Å². The molecule has 0 aromatic heterocycles. The summed E-state index contributed by atoms with van der Waals surface area (Å²) < 4.78 is 19.7. The Hall–Kier alpha value is -3.71. The van der Waals surface area contributed by atoms with Gasteiger partial charge in [0.1, 0.15) is 29.8 Å². The summed E-state index contributed by atoms with van der Waals surface area (Å²) in [5.41, 5.74) is 1.29. The second kappa shape index (κ2) is 8.59. The highest BCUT2D eigenvalue weighted by molar-refractivity contribution is 6.14. The number of carbonyl (C=O) groups excluding carboxylic acids is 1. The molecule has 0 saturated carbocycles. The van der Waals surface area contributed by atoms with Crippen molar-refractivity contribution in [3.63, 3.8) is 0 Å². The highest BCUT2D eigenvalue weighted by Gasteiger charge is 2.16. The van der Waals surface area contributed by atoms with Crippen molar-refractivity contribution in [2.75, 3.05) is 0 Å². The molecule has 0 unspecified atom stereocenters. The topological polar surface area (TPSA) is 50.1 Å². The summed E-state index contributed by atoms with van der Waals surface area (Å²) in [5.74, 6) is -0.777. The molecule has 0 spiro atoms. The van der Waals surface area contributed by atoms with Crippen LogP contribution in [0.2, 0.25) is 0 Å². The molecule has 0 heterocycles. The Morgan fingerprint density at radius 3 is 2.37 bits per heavy atom. The summed E-state index contributed by atoms with van der Waals surface area (Å²) >= 11 is 0. The second-order valence-corrected chi connectivity index (χ2v) is 5.79. The van der Waals surface area contributed by atoms with E-state index in [0.29, 0.717) is 17.9 Å². The van der Waals surface area contributed by atoms with Crippen LogP contribution in [0.25, 0.3) is 6.08 Å². The monoisotopic (exact) mass is 357 g/mol. The van der Waals surface area contributed by atoms with Crippen LogP contribution in [-0.2, 0) is 6.61 Å². The lowest BCUT2D eigenvalue weighted by molar-refractivity contribution is 0.103. The van der Waals surface area contributed by atoms with Gasteiger partial charge in [-0.15, -0.1) is 0 Å². The van der Waals surface area contributed by atoms with E-state index in [0.717, 1.165) is 5.56 Å². The Balaban J connectivity index is 1.88. The molecule has 0 fully saturated rings. The van der Waals surface area contributed by atoms with E-state index in [4.69, 9.17) is 4.74 Å². The average Bonchev–Trinajstić information content (AvgIpc) is 2.72. The minimum absolute atomic E-state index is 0.131. The van der Waals surface area contributed by atoms with Gasteiger partial charge in [0.15, 0.2) is 0 Å². The molecule has 3 aromatic rings. The first-order valence-electron chi connectivity index (χ1n) is 8.36. The molecule has 3 rings (SSSR count). The number of halogens is 1. The zero-order chi connectivity index (χ0) is 19.1. The largest absolute Gasteiger partial charge is 0.488 e. The van der Waals surface area contributed by atoms with Crippen LogP contribution >= 0.6 is 0 Å². The Labute approximate surface area is 157 Å². The van der Waals surface area contributed by atoms with Crippen molar-refractivity contribution in [2.45, 2.75) is 6.61 Å². The molecule has 0 aliphatic heterocycles. The minimum Gasteiger partial charge on any atom is -0.488 e. The van der Waals surface area contributed by atoms with Gasteiger partial charge in [0.2, 0.25) is 5.78 Å². The Bertz CT molecular complexity index is 1020. The third kappa shape index (κ3) is 4.47. The number of allylic oxidation sites excluding steroid dienone is 1. The molecule has 0 aliphatic rings. The van der Waals surface area contributed by atoms with Crippen molar-refractivity contribution in [1.29, 1.82) is 5.26 Å². The molecule has 27 heavy (non-hydrogen) atoms. The van der Waals surface area contributed by atoms with Crippen LogP contribution < -0.4 is 4.74 Å². The number of ketones is 1. The maximum absolute atomic E-state index is 13.9. The van der Waals surface area contributed by atoms with Gasteiger partial charge in [-0.3, -0.25) is 4.79 Å². The third-order valence-electron chi connectivity index (χ3n) is 3.94. The molecule has 0 bridgehead atoms. The van der Waals surface area contributed by atoms with Crippen molar-refractivity contribution >= 4 is 11.9 Å². The summed E-state index contributed by atoms with van der Waals surface area (Å²) in [4.78, 5) is 12.5. The number of hydrogen-bond acceptors (Lipinski definition) is 3. The van der Waals surface area contributed by atoms with Gasteiger partial charge in [0.25, 0.3) is 0 Å². The van der Waals surface area contributed by atoms with Gasteiger partial charge in [0, 0.05) is 5.56 Å². The van der Waals surface area contributed by atoms with Crippen molar-refractivity contribution in [3.8, 4) is 11.8 Å². The molecule has 0 amide bonds. The number of benzene rings is 3. The van der Waals surface area contributed by atoms with Crippen LogP contribution in [0.5, 0.6) is 5.75 Å². The van der Waals surface area contributed by atoms with Crippen LogP contribution in [0.4, 0.5) is 4.39 Å². The van der Waals surface area contributed by atoms with Gasteiger partial charge in [-0.05, 0) is 29.8 Å². The molecule has 0 aliphatic carbocycles. The molecular formula is C23H16FNO2. The highest BCUT2D eigenvalue weighted by Crippen LogP contribution is 2.23. The van der Waals surface area contributed by atoms with Gasteiger partial charge >= 0.3 is 0 Å². The van der Waals surface area contributed by atoms with Crippen LogP contribution in [-0.4, -0.2) is 5.78 Å². The van der Waals surface area contributed by atoms with E-state index >= 15 is 0 Å². The van der Waals surface area contributed by atoms with Gasteiger partial charge in [0.05, 0.1) is 5.56 Å². The SMILES string of the molecule is N#C/C(=C\c1ccccc1OCc1ccccc1)C(=O)c1ccccc1F. The average molecular weight is 357 g/mol. The van der Waals surface area contributed by atoms with E-state index in [1.54, 1.807) is 24.3 Å². The van der Waals surface area contributed by atoms with E-state index < -0.39 is 11.6 Å². The summed E-state index contributed by atoms with van der Waals surface area (Å²) in [7, 11) is 0. The van der Waals surface area contributed by atoms with Crippen molar-refractivity contribution in [2.24, 2.45) is 0 Å². The minimum atomic E-state index is -0.659. The molecule has 4 heteroatoms. The van der Waals surface area contributed by atoms with Crippen LogP contribution in [0.3, 0.4) is 0 Å². The van der Waals surface area contributed by atoms with Crippen LogP contribution in [0, 0.1) is 17.1 Å². The first kappa shape index (κ1) is 18.1. The van der Waals surface area contributed by atoms with Crippen LogP contribution in [0.15, 0.2) is 84.4 Å². The summed E-state index contributed by atoms with van der Waals surface area (Å²) in [6, 6.07) is 24.2. The second-order valence-electron chi connectivity index (χ2n) is 5.79. The number of para-hydroxylation sites is 1. The van der Waals surface area contributed by atoms with Crippen molar-refractivity contribution in [3.05, 3.63) is 107 Å². The molecule has 0 radical (unpaired) electrons. The number of hydrogen-bond donors (Lipinski definition) is 0. The molecule has 3 aromatic carbocycles. The number of Topliss-reactive ketones (excluding diaryl/α,β-unsaturated/α-hetero) is 1. The Morgan fingerprint density at radius 2 is 1.63 bits per heavy atom. The maximum Gasteiger partial charge on any atom is 0.206 e. The number of rotatable bonds is 6.